The summed E-state index contributed by atoms with van der Waals surface area (Å²) in [6.07, 6.45) is 3.67. The number of rotatable bonds is 3. The Hall–Kier alpha value is -2.10. The number of nitrogens with zero attached hydrogens (tertiary/aromatic N) is 2. The Morgan fingerprint density at radius 3 is 2.67 bits per heavy atom. The fraction of sp³-hybridized carbons (Fsp3) is 0.286. The number of aromatic nitrogens is 2. The van der Waals surface area contributed by atoms with Gasteiger partial charge in [0.1, 0.15) is 0 Å². The molecule has 2 aromatic rings. The molecule has 2 rings (SSSR count). The summed E-state index contributed by atoms with van der Waals surface area (Å²) in [5, 5.41) is 9.02. The van der Waals surface area contributed by atoms with E-state index in [9.17, 15) is 4.79 Å². The lowest BCUT2D eigenvalue weighted by molar-refractivity contribution is 0.0697. The molecule has 0 unspecified atom stereocenters. The summed E-state index contributed by atoms with van der Waals surface area (Å²) in [7, 11) is 0. The monoisotopic (exact) mass is 244 g/mol. The SMILES string of the molecule is Cc1ccc(C(=O)O)cc1-n1cnc(C(C)C)c1. The molecule has 18 heavy (non-hydrogen) atoms. The molecule has 0 bridgehead atoms. The van der Waals surface area contributed by atoms with Gasteiger partial charge in [-0.2, -0.15) is 0 Å². The molecule has 0 spiro atoms. The molecule has 1 aromatic heterocycles. The molecule has 1 N–H and O–H groups in total. The van der Waals surface area contributed by atoms with E-state index in [1.54, 1.807) is 18.5 Å². The molecule has 1 heterocycles. The maximum absolute atomic E-state index is 11.0. The number of hydrogen-bond acceptors (Lipinski definition) is 2. The zero-order chi connectivity index (χ0) is 13.3. The van der Waals surface area contributed by atoms with Crippen molar-refractivity contribution in [3.05, 3.63) is 47.5 Å². The van der Waals surface area contributed by atoms with Crippen LogP contribution in [0, 0.1) is 6.92 Å². The number of carboxylic acids is 1. The average Bonchev–Trinajstić information content (AvgIpc) is 2.78. The molecule has 94 valence electrons. The van der Waals surface area contributed by atoms with Gasteiger partial charge in [-0.05, 0) is 30.5 Å². The zero-order valence-corrected chi connectivity index (χ0v) is 10.7. The highest BCUT2D eigenvalue weighted by Crippen LogP contribution is 2.19. The number of aryl methyl sites for hydroxylation is 1. The molecule has 0 saturated carbocycles. The largest absolute Gasteiger partial charge is 0.478 e. The maximum atomic E-state index is 11.0. The second-order valence-corrected chi connectivity index (χ2v) is 4.67. The van der Waals surface area contributed by atoms with E-state index >= 15 is 0 Å². The van der Waals surface area contributed by atoms with Gasteiger partial charge in [0.05, 0.1) is 23.3 Å². The van der Waals surface area contributed by atoms with E-state index in [2.05, 4.69) is 18.8 Å². The van der Waals surface area contributed by atoms with Crippen LogP contribution in [-0.4, -0.2) is 20.6 Å². The second-order valence-electron chi connectivity index (χ2n) is 4.67. The highest BCUT2D eigenvalue weighted by molar-refractivity contribution is 5.88. The Balaban J connectivity index is 2.48. The Labute approximate surface area is 106 Å². The van der Waals surface area contributed by atoms with Crippen molar-refractivity contribution in [1.29, 1.82) is 0 Å². The molecule has 4 heteroatoms. The van der Waals surface area contributed by atoms with Gasteiger partial charge in [-0.25, -0.2) is 9.78 Å². The van der Waals surface area contributed by atoms with Gasteiger partial charge < -0.3 is 9.67 Å². The minimum absolute atomic E-state index is 0.287. The first kappa shape index (κ1) is 12.4. The van der Waals surface area contributed by atoms with Gasteiger partial charge in [0, 0.05) is 6.20 Å². The number of carbonyl (C=O) groups is 1. The summed E-state index contributed by atoms with van der Waals surface area (Å²) in [5.41, 5.74) is 3.16. The van der Waals surface area contributed by atoms with Crippen molar-refractivity contribution in [2.24, 2.45) is 0 Å². The molecule has 0 aliphatic carbocycles. The molecule has 0 fully saturated rings. The number of imidazole rings is 1. The van der Waals surface area contributed by atoms with Crippen LogP contribution >= 0.6 is 0 Å². The normalized spacial score (nSPS) is 10.9. The number of aromatic carboxylic acids is 1. The van der Waals surface area contributed by atoms with Crippen LogP contribution in [0.2, 0.25) is 0 Å². The predicted octanol–water partition coefficient (Wildman–Crippen LogP) is 3.00. The number of carboxylic acid groups (broad SMARTS) is 1. The van der Waals surface area contributed by atoms with Crippen molar-refractivity contribution in [3.8, 4) is 5.69 Å². The van der Waals surface area contributed by atoms with Crippen molar-refractivity contribution in [1.82, 2.24) is 9.55 Å². The third kappa shape index (κ3) is 2.27. The first-order chi connectivity index (χ1) is 8.49. The van der Waals surface area contributed by atoms with E-state index in [0.717, 1.165) is 16.9 Å². The first-order valence-electron chi connectivity index (χ1n) is 5.87. The summed E-state index contributed by atoms with van der Waals surface area (Å²) >= 11 is 0. The summed E-state index contributed by atoms with van der Waals surface area (Å²) < 4.78 is 1.87. The fourth-order valence-electron chi connectivity index (χ4n) is 1.79. The smallest absolute Gasteiger partial charge is 0.335 e. The molecule has 0 atom stereocenters. The van der Waals surface area contributed by atoms with Gasteiger partial charge in [0.25, 0.3) is 0 Å². The van der Waals surface area contributed by atoms with E-state index in [0.29, 0.717) is 5.92 Å². The molecule has 0 radical (unpaired) electrons. The third-order valence-electron chi connectivity index (χ3n) is 2.93. The van der Waals surface area contributed by atoms with Crippen molar-refractivity contribution in [2.75, 3.05) is 0 Å². The van der Waals surface area contributed by atoms with Gasteiger partial charge in [0.2, 0.25) is 0 Å². The minimum atomic E-state index is -0.916. The Morgan fingerprint density at radius 2 is 2.11 bits per heavy atom. The van der Waals surface area contributed by atoms with Gasteiger partial charge >= 0.3 is 5.97 Å². The Kier molecular flexibility index (Phi) is 3.19. The lowest BCUT2D eigenvalue weighted by atomic mass is 10.1. The lowest BCUT2D eigenvalue weighted by Gasteiger charge is -2.07. The molecular weight excluding hydrogens is 228 g/mol. The van der Waals surface area contributed by atoms with Crippen LogP contribution in [0.1, 0.15) is 41.4 Å². The van der Waals surface area contributed by atoms with Gasteiger partial charge in [-0.1, -0.05) is 19.9 Å². The number of benzene rings is 1. The minimum Gasteiger partial charge on any atom is -0.478 e. The lowest BCUT2D eigenvalue weighted by Crippen LogP contribution is -2.01. The fourth-order valence-corrected chi connectivity index (χ4v) is 1.79. The second kappa shape index (κ2) is 4.64. The molecular formula is C14H16N2O2. The Bertz CT molecular complexity index is 585. The average molecular weight is 244 g/mol. The van der Waals surface area contributed by atoms with E-state index in [-0.39, 0.29) is 5.56 Å². The van der Waals surface area contributed by atoms with Crippen LogP contribution in [0.3, 0.4) is 0 Å². The van der Waals surface area contributed by atoms with Crippen LogP contribution in [0.5, 0.6) is 0 Å². The molecule has 0 saturated heterocycles. The van der Waals surface area contributed by atoms with Crippen molar-refractivity contribution in [2.45, 2.75) is 26.7 Å². The summed E-state index contributed by atoms with van der Waals surface area (Å²) in [5.74, 6) is -0.560. The van der Waals surface area contributed by atoms with Crippen LogP contribution < -0.4 is 0 Å². The van der Waals surface area contributed by atoms with Gasteiger partial charge in [-0.15, -0.1) is 0 Å². The van der Waals surface area contributed by atoms with Crippen molar-refractivity contribution >= 4 is 5.97 Å². The predicted molar refractivity (Wildman–Crippen MR) is 69.3 cm³/mol. The standard InChI is InChI=1S/C14H16N2O2/c1-9(2)12-7-16(8-15-12)13-6-11(14(17)18)5-4-10(13)3/h4-9H,1-3H3,(H,17,18). The van der Waals surface area contributed by atoms with Crippen molar-refractivity contribution < 1.29 is 9.90 Å². The van der Waals surface area contributed by atoms with Crippen LogP contribution in [0.15, 0.2) is 30.7 Å². The van der Waals surface area contributed by atoms with E-state index in [1.165, 1.54) is 0 Å². The zero-order valence-electron chi connectivity index (χ0n) is 10.7. The summed E-state index contributed by atoms with van der Waals surface area (Å²) in [6, 6.07) is 5.10. The van der Waals surface area contributed by atoms with E-state index < -0.39 is 5.97 Å². The molecule has 0 aliphatic heterocycles. The Morgan fingerprint density at radius 1 is 1.39 bits per heavy atom. The van der Waals surface area contributed by atoms with Crippen LogP contribution in [-0.2, 0) is 0 Å². The highest BCUT2D eigenvalue weighted by atomic mass is 16.4. The van der Waals surface area contributed by atoms with Crippen LogP contribution in [0.4, 0.5) is 0 Å². The summed E-state index contributed by atoms with van der Waals surface area (Å²) in [4.78, 5) is 15.3. The van der Waals surface area contributed by atoms with Crippen molar-refractivity contribution in [3.63, 3.8) is 0 Å². The first-order valence-corrected chi connectivity index (χ1v) is 5.87. The maximum Gasteiger partial charge on any atom is 0.335 e. The van der Waals surface area contributed by atoms with E-state index in [4.69, 9.17) is 5.11 Å². The molecule has 4 nitrogen and oxygen atoms in total. The molecule has 1 aromatic carbocycles. The number of hydrogen-bond donors (Lipinski definition) is 1. The quantitative estimate of drug-likeness (QED) is 0.903. The third-order valence-corrected chi connectivity index (χ3v) is 2.93. The van der Waals surface area contributed by atoms with Gasteiger partial charge in [-0.3, -0.25) is 0 Å². The molecule has 0 aliphatic rings. The topological polar surface area (TPSA) is 55.1 Å². The highest BCUT2D eigenvalue weighted by Gasteiger charge is 2.09. The van der Waals surface area contributed by atoms with Crippen LogP contribution in [0.25, 0.3) is 5.69 Å². The summed E-state index contributed by atoms with van der Waals surface area (Å²) in [6.45, 7) is 6.11. The van der Waals surface area contributed by atoms with Gasteiger partial charge in [0.15, 0.2) is 0 Å². The molecule has 0 amide bonds. The van der Waals surface area contributed by atoms with E-state index in [1.807, 2.05) is 23.8 Å².